The van der Waals surface area contributed by atoms with Crippen molar-refractivity contribution < 1.29 is 23.5 Å². The Morgan fingerprint density at radius 1 is 1.06 bits per heavy atom. The van der Waals surface area contributed by atoms with Gasteiger partial charge in [-0.05, 0) is 47.5 Å². The van der Waals surface area contributed by atoms with Crippen LogP contribution in [0.25, 0.3) is 0 Å². The van der Waals surface area contributed by atoms with Crippen LogP contribution in [0.4, 0.5) is 10.1 Å². The van der Waals surface area contributed by atoms with Crippen LogP contribution in [0.15, 0.2) is 71.6 Å². The molecule has 0 fully saturated rings. The van der Waals surface area contributed by atoms with Crippen LogP contribution < -0.4 is 19.7 Å². The fraction of sp³-hybridized carbons (Fsp3) is 0.200. The summed E-state index contributed by atoms with van der Waals surface area (Å²) >= 11 is 1.60. The number of thioether (sulfide) groups is 1. The van der Waals surface area contributed by atoms with Crippen molar-refractivity contribution in [1.29, 1.82) is 0 Å². The van der Waals surface area contributed by atoms with Crippen molar-refractivity contribution in [2.75, 3.05) is 18.2 Å². The van der Waals surface area contributed by atoms with Gasteiger partial charge in [-0.15, -0.1) is 11.8 Å². The summed E-state index contributed by atoms with van der Waals surface area (Å²) < 4.78 is 24.0. The highest BCUT2D eigenvalue weighted by atomic mass is 32.2. The minimum Gasteiger partial charge on any atom is -0.454 e. The normalized spacial score (nSPS) is 16.8. The summed E-state index contributed by atoms with van der Waals surface area (Å²) in [7, 11) is 0. The average Bonchev–Trinajstić information content (AvgIpc) is 3.25. The number of halogens is 1. The van der Waals surface area contributed by atoms with Crippen LogP contribution in [0.1, 0.15) is 22.8 Å². The van der Waals surface area contributed by atoms with Crippen LogP contribution in [0.2, 0.25) is 0 Å². The molecule has 0 saturated carbocycles. The third-order valence-electron chi connectivity index (χ3n) is 5.56. The number of nitrogens with zero attached hydrogens (tertiary/aromatic N) is 1. The number of rotatable bonds is 5. The van der Waals surface area contributed by atoms with E-state index in [1.165, 1.54) is 17.0 Å². The Bertz CT molecular complexity index is 1200. The topological polar surface area (TPSA) is 67.9 Å². The highest BCUT2D eigenvalue weighted by Crippen LogP contribution is 2.47. The van der Waals surface area contributed by atoms with E-state index in [2.05, 4.69) is 5.32 Å². The van der Waals surface area contributed by atoms with Gasteiger partial charge in [-0.2, -0.15) is 0 Å². The van der Waals surface area contributed by atoms with Gasteiger partial charge >= 0.3 is 0 Å². The second-order valence-corrected chi connectivity index (χ2v) is 9.02. The van der Waals surface area contributed by atoms with Gasteiger partial charge in [0.15, 0.2) is 11.5 Å². The summed E-state index contributed by atoms with van der Waals surface area (Å²) in [6, 6.07) is 19.3. The van der Waals surface area contributed by atoms with Gasteiger partial charge in [-0.25, -0.2) is 4.39 Å². The summed E-state index contributed by atoms with van der Waals surface area (Å²) in [5.74, 6) is 0.631. The fourth-order valence-corrected chi connectivity index (χ4v) is 5.12. The maximum atomic E-state index is 13.3. The van der Waals surface area contributed by atoms with Crippen molar-refractivity contribution >= 4 is 29.3 Å². The lowest BCUT2D eigenvalue weighted by Crippen LogP contribution is -2.40. The van der Waals surface area contributed by atoms with Gasteiger partial charge in [0, 0.05) is 23.1 Å². The number of hydrogen-bond acceptors (Lipinski definition) is 5. The molecule has 0 aliphatic carbocycles. The maximum absolute atomic E-state index is 13.3. The van der Waals surface area contributed by atoms with Crippen molar-refractivity contribution in [2.45, 2.75) is 23.1 Å². The van der Waals surface area contributed by atoms with Crippen molar-refractivity contribution in [3.8, 4) is 11.5 Å². The number of anilines is 1. The van der Waals surface area contributed by atoms with Gasteiger partial charge in [-0.3, -0.25) is 9.59 Å². The van der Waals surface area contributed by atoms with E-state index in [4.69, 9.17) is 9.47 Å². The Hall–Kier alpha value is -3.52. The SMILES string of the molecule is O=C(CN1C(=O)CC(c2ccc3c(c2)OCO3)Sc2ccccc21)NCc1ccc(F)cc1. The molecule has 168 valence electrons. The van der Waals surface area contributed by atoms with E-state index >= 15 is 0 Å². The maximum Gasteiger partial charge on any atom is 0.240 e. The van der Waals surface area contributed by atoms with Crippen molar-refractivity contribution in [1.82, 2.24) is 5.32 Å². The highest BCUT2D eigenvalue weighted by molar-refractivity contribution is 7.99. The molecule has 2 aliphatic rings. The minimum atomic E-state index is -0.327. The molecule has 2 heterocycles. The summed E-state index contributed by atoms with van der Waals surface area (Å²) in [6.07, 6.45) is 0.240. The molecule has 0 bridgehead atoms. The predicted molar refractivity (Wildman–Crippen MR) is 123 cm³/mol. The van der Waals surface area contributed by atoms with Crippen LogP contribution in [0, 0.1) is 5.82 Å². The molecule has 0 spiro atoms. The summed E-state index contributed by atoms with van der Waals surface area (Å²) in [5.41, 5.74) is 2.47. The smallest absolute Gasteiger partial charge is 0.240 e. The Balaban J connectivity index is 1.33. The van der Waals surface area contributed by atoms with Crippen LogP contribution in [-0.2, 0) is 16.1 Å². The summed E-state index contributed by atoms with van der Waals surface area (Å²) in [5, 5.41) is 2.69. The standard InChI is InChI=1S/C25H21FN2O4S/c26-18-8-5-16(6-9-18)13-27-24(29)14-28-19-3-1-2-4-22(19)33-23(12-25(28)30)17-7-10-20-21(11-17)32-15-31-20/h1-11,23H,12-15H2,(H,27,29). The Labute approximate surface area is 194 Å². The first kappa shape index (κ1) is 21.3. The lowest BCUT2D eigenvalue weighted by molar-refractivity contribution is -0.124. The molecular weight excluding hydrogens is 443 g/mol. The Morgan fingerprint density at radius 3 is 2.70 bits per heavy atom. The van der Waals surface area contributed by atoms with E-state index in [-0.39, 0.29) is 49.2 Å². The van der Waals surface area contributed by atoms with Crippen molar-refractivity contribution in [3.05, 3.63) is 83.7 Å². The van der Waals surface area contributed by atoms with E-state index in [1.807, 2.05) is 42.5 Å². The van der Waals surface area contributed by atoms with Crippen molar-refractivity contribution in [3.63, 3.8) is 0 Å². The quantitative estimate of drug-likeness (QED) is 0.605. The molecule has 0 radical (unpaired) electrons. The number of nitrogens with one attached hydrogen (secondary N) is 1. The molecule has 1 unspecified atom stereocenters. The zero-order chi connectivity index (χ0) is 22.8. The molecule has 2 amide bonds. The Kier molecular flexibility index (Phi) is 5.92. The van der Waals surface area contributed by atoms with E-state index < -0.39 is 0 Å². The zero-order valence-electron chi connectivity index (χ0n) is 17.6. The van der Waals surface area contributed by atoms with Crippen LogP contribution in [0.3, 0.4) is 0 Å². The lowest BCUT2D eigenvalue weighted by atomic mass is 10.1. The van der Waals surface area contributed by atoms with Gasteiger partial charge < -0.3 is 19.7 Å². The van der Waals surface area contributed by atoms with Gasteiger partial charge in [0.1, 0.15) is 12.4 Å². The lowest BCUT2D eigenvalue weighted by Gasteiger charge is -2.22. The number of carbonyl (C=O) groups is 2. The van der Waals surface area contributed by atoms with Gasteiger partial charge in [-0.1, -0.05) is 30.3 Å². The first-order chi connectivity index (χ1) is 16.1. The first-order valence-corrected chi connectivity index (χ1v) is 11.4. The summed E-state index contributed by atoms with van der Waals surface area (Å²) in [4.78, 5) is 28.4. The molecule has 8 heteroatoms. The third-order valence-corrected chi connectivity index (χ3v) is 6.88. The van der Waals surface area contributed by atoms with E-state index in [0.29, 0.717) is 17.2 Å². The third kappa shape index (κ3) is 4.66. The molecule has 2 aliphatic heterocycles. The number of carbonyl (C=O) groups excluding carboxylic acids is 2. The highest BCUT2D eigenvalue weighted by Gasteiger charge is 2.31. The molecule has 3 aromatic carbocycles. The van der Waals surface area contributed by atoms with E-state index in [0.717, 1.165) is 16.0 Å². The van der Waals surface area contributed by atoms with Gasteiger partial charge in [0.05, 0.1) is 5.69 Å². The number of para-hydroxylation sites is 1. The Morgan fingerprint density at radius 2 is 1.85 bits per heavy atom. The zero-order valence-corrected chi connectivity index (χ0v) is 18.4. The predicted octanol–water partition coefficient (Wildman–Crippen LogP) is 4.44. The molecule has 5 rings (SSSR count). The largest absolute Gasteiger partial charge is 0.454 e. The van der Waals surface area contributed by atoms with E-state index in [1.54, 1.807) is 23.9 Å². The molecule has 3 aromatic rings. The second-order valence-electron chi connectivity index (χ2n) is 7.77. The molecular formula is C25H21FN2O4S. The van der Waals surface area contributed by atoms with Crippen LogP contribution in [-0.4, -0.2) is 25.2 Å². The van der Waals surface area contributed by atoms with Crippen LogP contribution in [0.5, 0.6) is 11.5 Å². The number of benzene rings is 3. The first-order valence-electron chi connectivity index (χ1n) is 10.5. The van der Waals surface area contributed by atoms with Gasteiger partial charge in [0.2, 0.25) is 18.6 Å². The number of ether oxygens (including phenoxy) is 2. The van der Waals surface area contributed by atoms with Crippen LogP contribution >= 0.6 is 11.8 Å². The number of fused-ring (bicyclic) bond motifs is 2. The summed E-state index contributed by atoms with van der Waals surface area (Å²) in [6.45, 7) is 0.363. The number of hydrogen-bond donors (Lipinski definition) is 1. The van der Waals surface area contributed by atoms with E-state index in [9.17, 15) is 14.0 Å². The van der Waals surface area contributed by atoms with Crippen molar-refractivity contribution in [2.24, 2.45) is 0 Å². The molecule has 0 saturated heterocycles. The minimum absolute atomic E-state index is 0.0918. The molecule has 1 N–H and O–H groups in total. The fourth-order valence-electron chi connectivity index (χ4n) is 3.85. The second kappa shape index (κ2) is 9.15. The van der Waals surface area contributed by atoms with Gasteiger partial charge in [0.25, 0.3) is 0 Å². The molecule has 6 nitrogen and oxygen atoms in total. The monoisotopic (exact) mass is 464 g/mol. The number of amides is 2. The molecule has 33 heavy (non-hydrogen) atoms. The average molecular weight is 465 g/mol. The molecule has 0 aromatic heterocycles. The molecule has 1 atom stereocenters.